The minimum Gasteiger partial charge on any atom is -0.352 e. The number of carbonyl (C=O) groups excluding carboxylic acids is 1. The van der Waals surface area contributed by atoms with E-state index in [9.17, 15) is 4.79 Å². The van der Waals surface area contributed by atoms with Crippen LogP contribution in [0.1, 0.15) is 46.5 Å². The Labute approximate surface area is 160 Å². The number of hydrogen-bond donors (Lipinski definition) is 1. The molecule has 1 aromatic carbocycles. The van der Waals surface area contributed by atoms with Gasteiger partial charge in [0.25, 0.3) is 0 Å². The molecule has 0 spiro atoms. The largest absolute Gasteiger partial charge is 0.352 e. The van der Waals surface area contributed by atoms with Crippen LogP contribution in [0.15, 0.2) is 35.5 Å². The highest BCUT2D eigenvalue weighted by atomic mass is 32.2. The molecule has 1 aromatic heterocycles. The van der Waals surface area contributed by atoms with Crippen molar-refractivity contribution in [3.63, 3.8) is 0 Å². The van der Waals surface area contributed by atoms with Crippen LogP contribution in [-0.2, 0) is 11.3 Å². The van der Waals surface area contributed by atoms with Crippen LogP contribution in [0.4, 0.5) is 0 Å². The smallest absolute Gasteiger partial charge is 0.233 e. The van der Waals surface area contributed by atoms with Crippen molar-refractivity contribution in [3.8, 4) is 11.4 Å². The molecule has 0 radical (unpaired) electrons. The zero-order valence-electron chi connectivity index (χ0n) is 15.8. The summed E-state index contributed by atoms with van der Waals surface area (Å²) in [4.78, 5) is 12.6. The van der Waals surface area contributed by atoms with E-state index >= 15 is 0 Å². The number of hydrogen-bond acceptors (Lipinski definition) is 4. The van der Waals surface area contributed by atoms with Gasteiger partial charge in [0.1, 0.15) is 0 Å². The molecule has 1 aliphatic carbocycles. The van der Waals surface area contributed by atoms with E-state index in [0.717, 1.165) is 29.5 Å². The van der Waals surface area contributed by atoms with E-state index in [0.29, 0.717) is 12.0 Å². The van der Waals surface area contributed by atoms with Gasteiger partial charge in [-0.3, -0.25) is 4.79 Å². The molecule has 3 atom stereocenters. The summed E-state index contributed by atoms with van der Waals surface area (Å²) in [5, 5.41) is 12.6. The molecule has 6 heteroatoms. The van der Waals surface area contributed by atoms with Crippen LogP contribution in [0.5, 0.6) is 0 Å². The number of nitrogens with zero attached hydrogens (tertiary/aromatic N) is 3. The Kier molecular flexibility index (Phi) is 6.35. The maximum atomic E-state index is 12.6. The van der Waals surface area contributed by atoms with Gasteiger partial charge < -0.3 is 9.88 Å². The molecule has 26 heavy (non-hydrogen) atoms. The van der Waals surface area contributed by atoms with Crippen LogP contribution in [0.2, 0.25) is 0 Å². The van der Waals surface area contributed by atoms with Crippen molar-refractivity contribution in [1.82, 2.24) is 20.1 Å². The fourth-order valence-corrected chi connectivity index (χ4v) is 4.43. The number of aromatic nitrogens is 3. The minimum absolute atomic E-state index is 0.0978. The SMILES string of the molecule is CCn1c(S[C@@H](C)C(=O)N[C@H]2CCCC[C@@H]2C)nnc1-c1ccccc1. The molecule has 1 N–H and O–H groups in total. The van der Waals surface area contributed by atoms with Crippen molar-refractivity contribution in [3.05, 3.63) is 30.3 Å². The second kappa shape index (κ2) is 8.71. The minimum atomic E-state index is -0.192. The first-order valence-corrected chi connectivity index (χ1v) is 10.4. The Hall–Kier alpha value is -1.82. The van der Waals surface area contributed by atoms with E-state index in [1.54, 1.807) is 0 Å². The monoisotopic (exact) mass is 372 g/mol. The number of thioether (sulfide) groups is 1. The summed E-state index contributed by atoms with van der Waals surface area (Å²) < 4.78 is 2.08. The van der Waals surface area contributed by atoms with E-state index in [-0.39, 0.29) is 11.2 Å². The third-order valence-corrected chi connectivity index (χ3v) is 6.24. The fourth-order valence-electron chi connectivity index (χ4n) is 3.50. The van der Waals surface area contributed by atoms with Crippen molar-refractivity contribution >= 4 is 17.7 Å². The molecule has 0 aliphatic heterocycles. The van der Waals surface area contributed by atoms with Gasteiger partial charge in [0, 0.05) is 18.2 Å². The summed E-state index contributed by atoms with van der Waals surface area (Å²) in [5.41, 5.74) is 1.04. The van der Waals surface area contributed by atoms with E-state index in [4.69, 9.17) is 0 Å². The molecule has 1 aliphatic rings. The molecule has 0 bridgehead atoms. The molecule has 3 rings (SSSR count). The molecular weight excluding hydrogens is 344 g/mol. The third kappa shape index (κ3) is 4.29. The van der Waals surface area contributed by atoms with E-state index in [1.165, 1.54) is 31.0 Å². The van der Waals surface area contributed by atoms with Gasteiger partial charge in [-0.15, -0.1) is 10.2 Å². The maximum absolute atomic E-state index is 12.6. The molecule has 0 saturated heterocycles. The predicted molar refractivity (Wildman–Crippen MR) is 106 cm³/mol. The Balaban J connectivity index is 1.68. The first kappa shape index (κ1) is 19.0. The molecule has 1 amide bonds. The van der Waals surface area contributed by atoms with Gasteiger partial charge in [-0.25, -0.2) is 0 Å². The lowest BCUT2D eigenvalue weighted by molar-refractivity contribution is -0.121. The summed E-state index contributed by atoms with van der Waals surface area (Å²) in [5.74, 6) is 1.51. The van der Waals surface area contributed by atoms with Gasteiger partial charge in [-0.2, -0.15) is 0 Å². The first-order chi connectivity index (χ1) is 12.6. The van der Waals surface area contributed by atoms with Gasteiger partial charge in [0.05, 0.1) is 5.25 Å². The van der Waals surface area contributed by atoms with Gasteiger partial charge >= 0.3 is 0 Å². The second-order valence-corrected chi connectivity index (χ2v) is 8.36. The standard InChI is InChI=1S/C20H28N4OS/c1-4-24-18(16-11-6-5-7-12-16)22-23-20(24)26-15(3)19(25)21-17-13-9-8-10-14(17)2/h5-7,11-12,14-15,17H,4,8-10,13H2,1-3H3,(H,21,25)/t14-,15-,17-/m0/s1. The van der Waals surface area contributed by atoms with Crippen LogP contribution in [0.25, 0.3) is 11.4 Å². The van der Waals surface area contributed by atoms with Crippen LogP contribution < -0.4 is 5.32 Å². The number of benzene rings is 1. The summed E-state index contributed by atoms with van der Waals surface area (Å²) in [6, 6.07) is 10.4. The topological polar surface area (TPSA) is 59.8 Å². The average molecular weight is 373 g/mol. The van der Waals surface area contributed by atoms with E-state index in [2.05, 4.69) is 33.9 Å². The zero-order valence-corrected chi connectivity index (χ0v) is 16.6. The second-order valence-electron chi connectivity index (χ2n) is 7.05. The number of nitrogens with one attached hydrogen (secondary N) is 1. The molecule has 0 unspecified atom stereocenters. The van der Waals surface area contributed by atoms with Crippen molar-refractivity contribution < 1.29 is 4.79 Å². The Bertz CT molecular complexity index is 731. The summed E-state index contributed by atoms with van der Waals surface area (Å²) in [6.07, 6.45) is 4.78. The average Bonchev–Trinajstić information content (AvgIpc) is 3.06. The zero-order chi connectivity index (χ0) is 18.5. The van der Waals surface area contributed by atoms with Crippen LogP contribution in [0, 0.1) is 5.92 Å². The van der Waals surface area contributed by atoms with Crippen molar-refractivity contribution in [2.45, 2.75) is 69.4 Å². The molecule has 2 aromatic rings. The predicted octanol–water partition coefficient (Wildman–Crippen LogP) is 4.14. The molecular formula is C20H28N4OS. The number of rotatable bonds is 6. The highest BCUT2D eigenvalue weighted by Crippen LogP contribution is 2.28. The summed E-state index contributed by atoms with van der Waals surface area (Å²) in [6.45, 7) is 7.04. The van der Waals surface area contributed by atoms with Crippen LogP contribution >= 0.6 is 11.8 Å². The molecule has 5 nitrogen and oxygen atoms in total. The van der Waals surface area contributed by atoms with Gasteiger partial charge in [0.2, 0.25) is 5.91 Å². The number of amides is 1. The summed E-state index contributed by atoms with van der Waals surface area (Å²) in [7, 11) is 0. The van der Waals surface area contributed by atoms with Crippen LogP contribution in [-0.4, -0.2) is 32.0 Å². The van der Waals surface area contributed by atoms with Gasteiger partial charge in [-0.1, -0.05) is 61.9 Å². The van der Waals surface area contributed by atoms with Crippen molar-refractivity contribution in [2.75, 3.05) is 0 Å². The summed E-state index contributed by atoms with van der Waals surface area (Å²) >= 11 is 1.49. The molecule has 1 fully saturated rings. The molecule has 140 valence electrons. The van der Waals surface area contributed by atoms with Crippen molar-refractivity contribution in [1.29, 1.82) is 0 Å². The Morgan fingerprint density at radius 3 is 2.69 bits per heavy atom. The van der Waals surface area contributed by atoms with Gasteiger partial charge in [0.15, 0.2) is 11.0 Å². The lowest BCUT2D eigenvalue weighted by Gasteiger charge is -2.30. The van der Waals surface area contributed by atoms with Crippen molar-refractivity contribution in [2.24, 2.45) is 5.92 Å². The quantitative estimate of drug-likeness (QED) is 0.774. The fraction of sp³-hybridized carbons (Fsp3) is 0.550. The normalized spacial score (nSPS) is 21.3. The lowest BCUT2D eigenvalue weighted by atomic mass is 9.86. The molecule has 1 heterocycles. The number of carbonyl (C=O) groups is 1. The van der Waals surface area contributed by atoms with E-state index < -0.39 is 0 Å². The maximum Gasteiger partial charge on any atom is 0.233 e. The van der Waals surface area contributed by atoms with Crippen LogP contribution in [0.3, 0.4) is 0 Å². The Morgan fingerprint density at radius 2 is 2.00 bits per heavy atom. The highest BCUT2D eigenvalue weighted by molar-refractivity contribution is 8.00. The molecule has 1 saturated carbocycles. The third-order valence-electron chi connectivity index (χ3n) is 5.16. The van der Waals surface area contributed by atoms with E-state index in [1.807, 2.05) is 37.3 Å². The lowest BCUT2D eigenvalue weighted by Crippen LogP contribution is -2.44. The first-order valence-electron chi connectivity index (χ1n) is 9.55. The Morgan fingerprint density at radius 1 is 1.27 bits per heavy atom. The highest BCUT2D eigenvalue weighted by Gasteiger charge is 2.26. The van der Waals surface area contributed by atoms with Gasteiger partial charge in [-0.05, 0) is 32.6 Å².